The zero-order valence-electron chi connectivity index (χ0n) is 14.4. The van der Waals surface area contributed by atoms with E-state index in [1.165, 1.54) is 0 Å². The molecule has 1 amide bonds. The van der Waals surface area contributed by atoms with Gasteiger partial charge in [-0.3, -0.25) is 0 Å². The molecule has 2 rings (SSSR count). The van der Waals surface area contributed by atoms with Gasteiger partial charge >= 0.3 is 6.09 Å². The monoisotopic (exact) mass is 346 g/mol. The van der Waals surface area contributed by atoms with Crippen molar-refractivity contribution in [3.63, 3.8) is 0 Å². The Hall–Kier alpha value is -0.820. The van der Waals surface area contributed by atoms with Gasteiger partial charge in [0, 0.05) is 12.1 Å². The van der Waals surface area contributed by atoms with E-state index in [9.17, 15) is 13.2 Å². The highest BCUT2D eigenvalue weighted by molar-refractivity contribution is 7.91. The highest BCUT2D eigenvalue weighted by Gasteiger charge is 2.29. The maximum atomic E-state index is 11.9. The van der Waals surface area contributed by atoms with Crippen LogP contribution in [0.4, 0.5) is 4.79 Å². The SMILES string of the molecule is CC(C)(C)OC(=O)NC1CCCC(NCC2CCS(=O)(=O)C2)C1. The Balaban J connectivity index is 1.72. The first-order chi connectivity index (χ1) is 10.6. The molecule has 0 spiro atoms. The molecule has 134 valence electrons. The number of amides is 1. The standard InChI is InChI=1S/C16H30N2O4S/c1-16(2,3)22-15(19)18-14-6-4-5-13(9-14)17-10-12-7-8-23(20,21)11-12/h12-14,17H,4-11H2,1-3H3,(H,18,19). The second-order valence-electron chi connectivity index (χ2n) is 7.88. The van der Waals surface area contributed by atoms with Crippen molar-refractivity contribution in [1.82, 2.24) is 10.6 Å². The lowest BCUT2D eigenvalue weighted by Gasteiger charge is -2.31. The van der Waals surface area contributed by atoms with Gasteiger partial charge in [0.05, 0.1) is 11.5 Å². The Kier molecular flexibility index (Phi) is 5.94. The zero-order chi connectivity index (χ0) is 17.1. The molecule has 0 aromatic heterocycles. The van der Waals surface area contributed by atoms with Crippen LogP contribution in [0.25, 0.3) is 0 Å². The Bertz CT molecular complexity index is 513. The number of carbonyl (C=O) groups is 1. The highest BCUT2D eigenvalue weighted by atomic mass is 32.2. The molecule has 0 bridgehead atoms. The van der Waals surface area contributed by atoms with Gasteiger partial charge in [-0.05, 0) is 65.3 Å². The summed E-state index contributed by atoms with van der Waals surface area (Å²) < 4.78 is 28.3. The molecule has 2 N–H and O–H groups in total. The van der Waals surface area contributed by atoms with Gasteiger partial charge in [-0.1, -0.05) is 0 Å². The minimum Gasteiger partial charge on any atom is -0.444 e. The number of hydrogen-bond acceptors (Lipinski definition) is 5. The van der Waals surface area contributed by atoms with Crippen LogP contribution >= 0.6 is 0 Å². The molecule has 1 heterocycles. The van der Waals surface area contributed by atoms with Crippen molar-refractivity contribution >= 4 is 15.9 Å². The smallest absolute Gasteiger partial charge is 0.407 e. The molecular formula is C16H30N2O4S. The van der Waals surface area contributed by atoms with E-state index >= 15 is 0 Å². The van der Waals surface area contributed by atoms with Crippen LogP contribution in [-0.2, 0) is 14.6 Å². The third-order valence-electron chi connectivity index (χ3n) is 4.42. The van der Waals surface area contributed by atoms with Gasteiger partial charge in [-0.25, -0.2) is 13.2 Å². The van der Waals surface area contributed by atoms with E-state index in [0.717, 1.165) is 38.6 Å². The summed E-state index contributed by atoms with van der Waals surface area (Å²) >= 11 is 0. The van der Waals surface area contributed by atoms with Crippen molar-refractivity contribution in [2.45, 2.75) is 70.6 Å². The molecule has 2 fully saturated rings. The summed E-state index contributed by atoms with van der Waals surface area (Å²) in [5.74, 6) is 0.873. The van der Waals surface area contributed by atoms with Gasteiger partial charge in [0.1, 0.15) is 5.60 Å². The summed E-state index contributed by atoms with van der Waals surface area (Å²) in [5.41, 5.74) is -0.482. The number of carbonyl (C=O) groups excluding carboxylic acids is 1. The van der Waals surface area contributed by atoms with E-state index in [0.29, 0.717) is 17.5 Å². The first-order valence-corrected chi connectivity index (χ1v) is 10.4. The summed E-state index contributed by atoms with van der Waals surface area (Å²) in [6.07, 6.45) is 4.38. The maximum Gasteiger partial charge on any atom is 0.407 e. The fraction of sp³-hybridized carbons (Fsp3) is 0.938. The Morgan fingerprint density at radius 3 is 2.48 bits per heavy atom. The predicted octanol–water partition coefficient (Wildman–Crippen LogP) is 1.85. The largest absolute Gasteiger partial charge is 0.444 e. The molecule has 1 aliphatic carbocycles. The molecule has 1 saturated carbocycles. The summed E-state index contributed by atoms with van der Waals surface area (Å²) in [7, 11) is -2.81. The van der Waals surface area contributed by atoms with Gasteiger partial charge < -0.3 is 15.4 Å². The van der Waals surface area contributed by atoms with Crippen molar-refractivity contribution < 1.29 is 17.9 Å². The topological polar surface area (TPSA) is 84.5 Å². The fourth-order valence-electron chi connectivity index (χ4n) is 3.35. The minimum atomic E-state index is -2.81. The molecule has 7 heteroatoms. The highest BCUT2D eigenvalue weighted by Crippen LogP contribution is 2.22. The Labute approximate surface area is 139 Å². The van der Waals surface area contributed by atoms with E-state index in [1.54, 1.807) is 0 Å². The van der Waals surface area contributed by atoms with Crippen LogP contribution < -0.4 is 10.6 Å². The first-order valence-electron chi connectivity index (χ1n) is 8.56. The number of rotatable bonds is 4. The third-order valence-corrected chi connectivity index (χ3v) is 6.25. The molecule has 3 atom stereocenters. The predicted molar refractivity (Wildman–Crippen MR) is 90.2 cm³/mol. The average molecular weight is 346 g/mol. The number of sulfone groups is 1. The molecule has 23 heavy (non-hydrogen) atoms. The molecule has 2 aliphatic rings. The summed E-state index contributed by atoms with van der Waals surface area (Å²) in [4.78, 5) is 11.9. The van der Waals surface area contributed by atoms with Crippen LogP contribution in [0, 0.1) is 5.92 Å². The van der Waals surface area contributed by atoms with Crippen molar-refractivity contribution in [3.8, 4) is 0 Å². The van der Waals surface area contributed by atoms with Crippen molar-refractivity contribution in [3.05, 3.63) is 0 Å². The molecule has 1 aliphatic heterocycles. The van der Waals surface area contributed by atoms with Gasteiger partial charge in [-0.15, -0.1) is 0 Å². The molecular weight excluding hydrogens is 316 g/mol. The molecule has 1 saturated heterocycles. The van der Waals surface area contributed by atoms with E-state index in [2.05, 4.69) is 10.6 Å². The van der Waals surface area contributed by atoms with E-state index in [1.807, 2.05) is 20.8 Å². The van der Waals surface area contributed by atoms with E-state index in [4.69, 9.17) is 4.74 Å². The van der Waals surface area contributed by atoms with Gasteiger partial charge in [0.15, 0.2) is 9.84 Å². The van der Waals surface area contributed by atoms with Crippen molar-refractivity contribution in [1.29, 1.82) is 0 Å². The van der Waals surface area contributed by atoms with Crippen LogP contribution in [-0.4, -0.2) is 50.2 Å². The molecule has 0 aromatic rings. The van der Waals surface area contributed by atoms with Crippen LogP contribution in [0.15, 0.2) is 0 Å². The number of nitrogens with one attached hydrogen (secondary N) is 2. The summed E-state index contributed by atoms with van der Waals surface area (Å²) in [6, 6.07) is 0.468. The number of alkyl carbamates (subject to hydrolysis) is 1. The quantitative estimate of drug-likeness (QED) is 0.811. The summed E-state index contributed by atoms with van der Waals surface area (Å²) in [5, 5.41) is 6.45. The lowest BCUT2D eigenvalue weighted by Crippen LogP contribution is -2.46. The third kappa shape index (κ3) is 6.67. The second kappa shape index (κ2) is 7.38. The fourth-order valence-corrected chi connectivity index (χ4v) is 5.21. The number of hydrogen-bond donors (Lipinski definition) is 2. The van der Waals surface area contributed by atoms with E-state index < -0.39 is 15.4 Å². The van der Waals surface area contributed by atoms with Gasteiger partial charge in [0.25, 0.3) is 0 Å². The minimum absolute atomic E-state index is 0.128. The molecule has 6 nitrogen and oxygen atoms in total. The van der Waals surface area contributed by atoms with Gasteiger partial charge in [0.2, 0.25) is 0 Å². The maximum absolute atomic E-state index is 11.9. The van der Waals surface area contributed by atoms with Crippen molar-refractivity contribution in [2.24, 2.45) is 5.92 Å². The van der Waals surface area contributed by atoms with Crippen LogP contribution in [0.2, 0.25) is 0 Å². The molecule has 0 radical (unpaired) electrons. The van der Waals surface area contributed by atoms with Gasteiger partial charge in [-0.2, -0.15) is 0 Å². The average Bonchev–Trinajstić information content (AvgIpc) is 2.74. The second-order valence-corrected chi connectivity index (χ2v) is 10.1. The number of ether oxygens (including phenoxy) is 1. The lowest BCUT2D eigenvalue weighted by molar-refractivity contribution is 0.0488. The Morgan fingerprint density at radius 1 is 1.17 bits per heavy atom. The molecule has 3 unspecified atom stereocenters. The lowest BCUT2D eigenvalue weighted by atomic mass is 9.90. The Morgan fingerprint density at radius 2 is 1.87 bits per heavy atom. The van der Waals surface area contributed by atoms with Crippen LogP contribution in [0.5, 0.6) is 0 Å². The van der Waals surface area contributed by atoms with Crippen LogP contribution in [0.1, 0.15) is 52.9 Å². The molecule has 0 aromatic carbocycles. The zero-order valence-corrected chi connectivity index (χ0v) is 15.2. The van der Waals surface area contributed by atoms with Crippen molar-refractivity contribution in [2.75, 3.05) is 18.1 Å². The normalized spacial score (nSPS) is 30.8. The first kappa shape index (κ1) is 18.5. The van der Waals surface area contributed by atoms with E-state index in [-0.39, 0.29) is 18.1 Å². The van der Waals surface area contributed by atoms with Crippen LogP contribution in [0.3, 0.4) is 0 Å². The summed E-state index contributed by atoms with van der Waals surface area (Å²) in [6.45, 7) is 6.32.